The number of hydrogen-bond donors (Lipinski definition) is 4. The maximum absolute atomic E-state index is 12.7. The number of furan rings is 1. The van der Waals surface area contributed by atoms with Crippen molar-refractivity contribution in [1.82, 2.24) is 5.32 Å². The number of carboxylic acid groups (broad SMARTS) is 1. The number of carbonyl (C=O) groups excluding carboxylic acids is 2. The van der Waals surface area contributed by atoms with Gasteiger partial charge in [-0.3, -0.25) is 14.3 Å². The van der Waals surface area contributed by atoms with Crippen molar-refractivity contribution in [1.29, 1.82) is 0 Å². The Morgan fingerprint density at radius 3 is 2.00 bits per heavy atom. The second kappa shape index (κ2) is 11.6. The summed E-state index contributed by atoms with van der Waals surface area (Å²) in [6.45, 7) is 1.70. The summed E-state index contributed by atoms with van der Waals surface area (Å²) in [7, 11) is -3.79. The molecule has 1 heterocycles. The standard InChI is InChI=1S/C23H23N3O5S.C2HF3O2/c1-16(27)25-18-8-10-21(11-9-18)32(29,30)26-19-6-4-17(5-7-19)23(12-13-23)22(28)24-15-20-3-2-14-31-20;3-2(4,5)1(6)7/h2-11,14,26H,12-13,15H2,1H3,(H,24,28)(H,25,27);(H,6,7). The fourth-order valence-corrected chi connectivity index (χ4v) is 4.57. The quantitative estimate of drug-likeness (QED) is 0.321. The van der Waals surface area contributed by atoms with E-state index in [0.717, 1.165) is 18.4 Å². The lowest BCUT2D eigenvalue weighted by Crippen LogP contribution is -2.34. The number of carboxylic acids is 1. The number of halogens is 3. The van der Waals surface area contributed by atoms with E-state index in [1.165, 1.54) is 31.2 Å². The smallest absolute Gasteiger partial charge is 0.475 e. The third-order valence-corrected chi connectivity index (χ3v) is 7.00. The molecule has 1 aliphatic carbocycles. The number of sulfonamides is 1. The van der Waals surface area contributed by atoms with Gasteiger partial charge in [-0.2, -0.15) is 13.2 Å². The Bertz CT molecular complexity index is 1420. The lowest BCUT2D eigenvalue weighted by atomic mass is 9.95. The van der Waals surface area contributed by atoms with Gasteiger partial charge in [0.15, 0.2) is 0 Å². The molecule has 0 unspecified atom stereocenters. The van der Waals surface area contributed by atoms with Gasteiger partial charge < -0.3 is 20.2 Å². The highest BCUT2D eigenvalue weighted by Crippen LogP contribution is 2.48. The summed E-state index contributed by atoms with van der Waals surface area (Å²) < 4.78 is 64.8. The van der Waals surface area contributed by atoms with E-state index in [2.05, 4.69) is 15.4 Å². The molecule has 4 rings (SSSR count). The molecule has 4 N–H and O–H groups in total. The average Bonchev–Trinajstić information content (AvgIpc) is 3.50. The monoisotopic (exact) mass is 567 g/mol. The van der Waals surface area contributed by atoms with Gasteiger partial charge in [0.1, 0.15) is 5.76 Å². The molecule has 2 amide bonds. The van der Waals surface area contributed by atoms with Crippen LogP contribution in [0.15, 0.2) is 76.2 Å². The van der Waals surface area contributed by atoms with Gasteiger partial charge in [-0.1, -0.05) is 12.1 Å². The van der Waals surface area contributed by atoms with Gasteiger partial charge in [0.2, 0.25) is 11.8 Å². The van der Waals surface area contributed by atoms with Crippen LogP contribution >= 0.6 is 0 Å². The highest BCUT2D eigenvalue weighted by atomic mass is 32.2. The Labute approximate surface area is 221 Å². The lowest BCUT2D eigenvalue weighted by Gasteiger charge is -2.16. The Balaban J connectivity index is 0.000000532. The van der Waals surface area contributed by atoms with Gasteiger partial charge >= 0.3 is 12.1 Å². The maximum Gasteiger partial charge on any atom is 0.490 e. The summed E-state index contributed by atoms with van der Waals surface area (Å²) >= 11 is 0. The number of carbonyl (C=O) groups is 3. The van der Waals surface area contributed by atoms with Crippen LogP contribution in [-0.2, 0) is 36.4 Å². The molecule has 3 aromatic rings. The molecule has 1 saturated carbocycles. The molecule has 0 spiro atoms. The molecular formula is C25H24F3N3O7S. The predicted molar refractivity (Wildman–Crippen MR) is 133 cm³/mol. The fraction of sp³-hybridized carbons (Fsp3) is 0.240. The Morgan fingerprint density at radius 1 is 0.974 bits per heavy atom. The molecular weight excluding hydrogens is 543 g/mol. The Kier molecular flexibility index (Phi) is 8.69. The number of alkyl halides is 3. The molecule has 1 aliphatic rings. The number of anilines is 2. The second-order valence-electron chi connectivity index (χ2n) is 8.54. The van der Waals surface area contributed by atoms with Gasteiger partial charge in [-0.15, -0.1) is 0 Å². The molecule has 0 saturated heterocycles. The summed E-state index contributed by atoms with van der Waals surface area (Å²) in [6, 6.07) is 16.3. The largest absolute Gasteiger partial charge is 0.490 e. The van der Waals surface area contributed by atoms with Crippen molar-refractivity contribution < 1.29 is 45.5 Å². The maximum atomic E-state index is 12.7. The fourth-order valence-electron chi connectivity index (χ4n) is 3.51. The third kappa shape index (κ3) is 7.83. The van der Waals surface area contributed by atoms with Gasteiger partial charge in [0.25, 0.3) is 10.0 Å². The first-order valence-corrected chi connectivity index (χ1v) is 12.8. The van der Waals surface area contributed by atoms with Crippen LogP contribution in [0.4, 0.5) is 24.5 Å². The van der Waals surface area contributed by atoms with Gasteiger partial charge in [-0.25, -0.2) is 13.2 Å². The van der Waals surface area contributed by atoms with Gasteiger partial charge in [0, 0.05) is 18.3 Å². The van der Waals surface area contributed by atoms with Crippen LogP contribution in [-0.4, -0.2) is 37.5 Å². The van der Waals surface area contributed by atoms with E-state index in [0.29, 0.717) is 23.7 Å². The first-order chi connectivity index (χ1) is 18.2. The normalized spacial score (nSPS) is 13.8. The summed E-state index contributed by atoms with van der Waals surface area (Å²) in [4.78, 5) is 32.8. The summed E-state index contributed by atoms with van der Waals surface area (Å²) in [5.74, 6) is -2.38. The van der Waals surface area contributed by atoms with Crippen LogP contribution in [0.5, 0.6) is 0 Å². The van der Waals surface area contributed by atoms with Crippen molar-refractivity contribution in [2.45, 2.75) is 42.8 Å². The average molecular weight is 568 g/mol. The van der Waals surface area contributed by atoms with Crippen molar-refractivity contribution in [2.24, 2.45) is 0 Å². The molecule has 0 aliphatic heterocycles. The predicted octanol–water partition coefficient (Wildman–Crippen LogP) is 4.02. The Morgan fingerprint density at radius 2 is 1.54 bits per heavy atom. The van der Waals surface area contributed by atoms with E-state index < -0.39 is 27.6 Å². The van der Waals surface area contributed by atoms with E-state index >= 15 is 0 Å². The van der Waals surface area contributed by atoms with E-state index in [-0.39, 0.29) is 16.7 Å². The van der Waals surface area contributed by atoms with Crippen LogP contribution in [0.25, 0.3) is 0 Å². The zero-order valence-corrected chi connectivity index (χ0v) is 21.2. The van der Waals surface area contributed by atoms with E-state index in [1.807, 2.05) is 0 Å². The number of hydrogen-bond acceptors (Lipinski definition) is 6. The molecule has 39 heavy (non-hydrogen) atoms. The number of nitrogens with one attached hydrogen (secondary N) is 3. The van der Waals surface area contributed by atoms with Crippen LogP contribution in [0.2, 0.25) is 0 Å². The number of benzene rings is 2. The molecule has 208 valence electrons. The minimum Gasteiger partial charge on any atom is -0.475 e. The second-order valence-corrected chi connectivity index (χ2v) is 10.2. The lowest BCUT2D eigenvalue weighted by molar-refractivity contribution is -0.192. The van der Waals surface area contributed by atoms with Crippen LogP contribution in [0.1, 0.15) is 31.1 Å². The zero-order valence-electron chi connectivity index (χ0n) is 20.4. The van der Waals surface area contributed by atoms with Crippen molar-refractivity contribution in [3.8, 4) is 0 Å². The van der Waals surface area contributed by atoms with Crippen molar-refractivity contribution in [3.05, 3.63) is 78.3 Å². The summed E-state index contributed by atoms with van der Waals surface area (Å²) in [5.41, 5.74) is 1.17. The molecule has 10 nitrogen and oxygen atoms in total. The highest BCUT2D eigenvalue weighted by molar-refractivity contribution is 7.92. The van der Waals surface area contributed by atoms with Crippen LogP contribution in [0.3, 0.4) is 0 Å². The topological polar surface area (TPSA) is 155 Å². The van der Waals surface area contributed by atoms with Gasteiger partial charge in [0.05, 0.1) is 23.1 Å². The molecule has 0 atom stereocenters. The summed E-state index contributed by atoms with van der Waals surface area (Å²) in [6.07, 6.45) is -2.04. The number of aliphatic carboxylic acids is 1. The zero-order chi connectivity index (χ0) is 28.8. The molecule has 0 bridgehead atoms. The molecule has 1 fully saturated rings. The van der Waals surface area contributed by atoms with Crippen molar-refractivity contribution >= 4 is 39.2 Å². The SMILES string of the molecule is CC(=O)Nc1ccc(S(=O)(=O)Nc2ccc(C3(C(=O)NCc4ccco4)CC3)cc2)cc1.O=C(O)C(F)(F)F. The first-order valence-electron chi connectivity index (χ1n) is 11.3. The van der Waals surface area contributed by atoms with Crippen molar-refractivity contribution in [2.75, 3.05) is 10.0 Å². The van der Waals surface area contributed by atoms with E-state index in [4.69, 9.17) is 14.3 Å². The Hall–Kier alpha value is -4.33. The first kappa shape index (κ1) is 29.2. The minimum atomic E-state index is -5.08. The van der Waals surface area contributed by atoms with E-state index in [1.54, 1.807) is 42.7 Å². The summed E-state index contributed by atoms with van der Waals surface area (Å²) in [5, 5.41) is 12.6. The molecule has 0 radical (unpaired) electrons. The third-order valence-electron chi connectivity index (χ3n) is 5.61. The van der Waals surface area contributed by atoms with Crippen LogP contribution in [0, 0.1) is 0 Å². The minimum absolute atomic E-state index is 0.0681. The van der Waals surface area contributed by atoms with E-state index in [9.17, 15) is 31.2 Å². The number of rotatable bonds is 8. The number of amides is 2. The van der Waals surface area contributed by atoms with Crippen LogP contribution < -0.4 is 15.4 Å². The molecule has 2 aromatic carbocycles. The molecule has 14 heteroatoms. The van der Waals surface area contributed by atoms with Gasteiger partial charge in [-0.05, 0) is 66.9 Å². The van der Waals surface area contributed by atoms with Crippen molar-refractivity contribution in [3.63, 3.8) is 0 Å². The highest BCUT2D eigenvalue weighted by Gasteiger charge is 2.51. The molecule has 1 aromatic heterocycles.